The molecule has 1 aromatic rings. The molecule has 0 saturated carbocycles. The summed E-state index contributed by atoms with van der Waals surface area (Å²) in [7, 11) is 0. The average Bonchev–Trinajstić information content (AvgIpc) is 2.53. The van der Waals surface area contributed by atoms with Crippen LogP contribution in [0.4, 0.5) is 0 Å². The van der Waals surface area contributed by atoms with Crippen LogP contribution in [0.5, 0.6) is 0 Å². The van der Waals surface area contributed by atoms with Gasteiger partial charge in [0.2, 0.25) is 0 Å². The minimum atomic E-state index is -0.510. The molecule has 1 rings (SSSR count). The molecule has 70 valence electrons. The van der Waals surface area contributed by atoms with Crippen molar-refractivity contribution in [2.24, 2.45) is 5.73 Å². The van der Waals surface area contributed by atoms with Crippen molar-refractivity contribution in [1.82, 2.24) is 9.97 Å². The summed E-state index contributed by atoms with van der Waals surface area (Å²) < 4.78 is 0. The Labute approximate surface area is 75.3 Å². The largest absolute Gasteiger partial charge is 0.345 e. The van der Waals surface area contributed by atoms with Gasteiger partial charge in [-0.1, -0.05) is 0 Å². The van der Waals surface area contributed by atoms with Gasteiger partial charge >= 0.3 is 0 Å². The molecule has 0 bridgehead atoms. The fourth-order valence-corrected chi connectivity index (χ4v) is 0.994. The average molecular weight is 181 g/mol. The number of nitrogens with zero attached hydrogens (tertiary/aromatic N) is 1. The van der Waals surface area contributed by atoms with Crippen LogP contribution in [0.3, 0.4) is 0 Å². The van der Waals surface area contributed by atoms with Crippen molar-refractivity contribution in [3.63, 3.8) is 0 Å². The lowest BCUT2D eigenvalue weighted by Gasteiger charge is -1.98. The number of rotatable bonds is 5. The maximum absolute atomic E-state index is 10.2. The first-order chi connectivity index (χ1) is 6.26. The van der Waals surface area contributed by atoms with E-state index in [4.69, 9.17) is 5.73 Å². The fraction of sp³-hybridized carbons (Fsp3) is 0.375. The Hall–Kier alpha value is -1.49. The monoisotopic (exact) mass is 181 g/mol. The predicted molar refractivity (Wildman–Crippen MR) is 46.1 cm³/mol. The Morgan fingerprint density at radius 1 is 1.62 bits per heavy atom. The standard InChI is InChI=1S/C8H11N3O2/c9-6(5-13)3-7-4-10-8(11-7)1-2-12/h2,4-6H,1,3,9H2,(H,10,11)/t6-/m0/s1. The van der Waals surface area contributed by atoms with Gasteiger partial charge in [-0.2, -0.15) is 0 Å². The van der Waals surface area contributed by atoms with Gasteiger partial charge in [0.05, 0.1) is 12.5 Å². The second-order valence-electron chi connectivity index (χ2n) is 2.73. The first-order valence-corrected chi connectivity index (χ1v) is 3.93. The van der Waals surface area contributed by atoms with Crippen LogP contribution in [0.2, 0.25) is 0 Å². The van der Waals surface area contributed by atoms with Crippen LogP contribution in [0, 0.1) is 0 Å². The van der Waals surface area contributed by atoms with Crippen molar-refractivity contribution in [3.05, 3.63) is 17.7 Å². The lowest BCUT2D eigenvalue weighted by molar-refractivity contribution is -0.109. The van der Waals surface area contributed by atoms with Gasteiger partial charge in [-0.15, -0.1) is 0 Å². The molecule has 5 heteroatoms. The van der Waals surface area contributed by atoms with Crippen LogP contribution in [0.1, 0.15) is 11.5 Å². The molecule has 0 unspecified atom stereocenters. The number of aromatic nitrogens is 2. The SMILES string of the molecule is N[C@H](C=O)Cc1cnc(CC=O)[nH]1. The van der Waals surface area contributed by atoms with E-state index in [1.807, 2.05) is 0 Å². The van der Waals surface area contributed by atoms with E-state index in [1.54, 1.807) is 6.20 Å². The molecule has 0 aliphatic heterocycles. The summed E-state index contributed by atoms with van der Waals surface area (Å²) in [5.41, 5.74) is 6.18. The Morgan fingerprint density at radius 2 is 2.38 bits per heavy atom. The second-order valence-corrected chi connectivity index (χ2v) is 2.73. The third-order valence-electron chi connectivity index (χ3n) is 1.59. The van der Waals surface area contributed by atoms with Gasteiger partial charge in [0, 0.05) is 18.3 Å². The number of nitrogens with one attached hydrogen (secondary N) is 1. The first-order valence-electron chi connectivity index (χ1n) is 3.93. The number of imidazole rings is 1. The van der Waals surface area contributed by atoms with E-state index in [0.717, 1.165) is 12.0 Å². The molecule has 0 spiro atoms. The summed E-state index contributed by atoms with van der Waals surface area (Å²) in [6, 6.07) is -0.510. The number of aromatic amines is 1. The molecular formula is C8H11N3O2. The lowest BCUT2D eigenvalue weighted by atomic mass is 10.2. The van der Waals surface area contributed by atoms with E-state index in [1.165, 1.54) is 0 Å². The normalized spacial score (nSPS) is 12.4. The highest BCUT2D eigenvalue weighted by Crippen LogP contribution is 1.99. The van der Waals surface area contributed by atoms with Crippen molar-refractivity contribution >= 4 is 12.6 Å². The summed E-state index contributed by atoms with van der Waals surface area (Å²) in [6.07, 6.45) is 3.72. The quantitative estimate of drug-likeness (QED) is 0.583. The molecule has 0 radical (unpaired) electrons. The molecule has 0 saturated heterocycles. The molecule has 5 nitrogen and oxygen atoms in total. The molecule has 0 aliphatic carbocycles. The van der Waals surface area contributed by atoms with Gasteiger partial charge in [-0.05, 0) is 0 Å². The highest BCUT2D eigenvalue weighted by atomic mass is 16.1. The number of hydrogen-bond donors (Lipinski definition) is 2. The predicted octanol–water partition coefficient (Wildman–Crippen LogP) is -0.780. The smallest absolute Gasteiger partial charge is 0.137 e. The second kappa shape index (κ2) is 4.51. The van der Waals surface area contributed by atoms with Crippen LogP contribution in [-0.2, 0) is 22.4 Å². The van der Waals surface area contributed by atoms with Gasteiger partial charge in [-0.3, -0.25) is 0 Å². The molecule has 1 atom stereocenters. The fourth-order valence-electron chi connectivity index (χ4n) is 0.994. The van der Waals surface area contributed by atoms with E-state index >= 15 is 0 Å². The molecule has 1 heterocycles. The number of carbonyl (C=O) groups excluding carboxylic acids is 2. The minimum absolute atomic E-state index is 0.260. The highest BCUT2D eigenvalue weighted by Gasteiger charge is 2.04. The van der Waals surface area contributed by atoms with Crippen LogP contribution < -0.4 is 5.73 Å². The zero-order valence-electron chi connectivity index (χ0n) is 7.06. The van der Waals surface area contributed by atoms with E-state index in [9.17, 15) is 9.59 Å². The molecule has 0 fully saturated rings. The van der Waals surface area contributed by atoms with Gasteiger partial charge in [0.25, 0.3) is 0 Å². The number of aldehydes is 2. The third kappa shape index (κ3) is 2.79. The maximum atomic E-state index is 10.2. The van der Waals surface area contributed by atoms with Crippen LogP contribution in [0.15, 0.2) is 6.20 Å². The number of H-pyrrole nitrogens is 1. The molecule has 0 amide bonds. The maximum Gasteiger partial charge on any atom is 0.137 e. The summed E-state index contributed by atoms with van der Waals surface area (Å²) in [4.78, 5) is 27.2. The Kier molecular flexibility index (Phi) is 3.33. The zero-order valence-corrected chi connectivity index (χ0v) is 7.06. The minimum Gasteiger partial charge on any atom is -0.345 e. The first kappa shape index (κ1) is 9.60. The molecule has 3 N–H and O–H groups in total. The molecule has 0 aliphatic rings. The van der Waals surface area contributed by atoms with Crippen molar-refractivity contribution in [1.29, 1.82) is 0 Å². The topological polar surface area (TPSA) is 88.8 Å². The molecule has 0 aromatic carbocycles. The molecule has 13 heavy (non-hydrogen) atoms. The lowest BCUT2D eigenvalue weighted by Crippen LogP contribution is -2.24. The zero-order chi connectivity index (χ0) is 9.68. The Bertz CT molecular complexity index is 295. The van der Waals surface area contributed by atoms with Crippen molar-refractivity contribution in [3.8, 4) is 0 Å². The van der Waals surface area contributed by atoms with E-state index in [0.29, 0.717) is 18.5 Å². The van der Waals surface area contributed by atoms with Crippen LogP contribution in [0.25, 0.3) is 0 Å². The van der Waals surface area contributed by atoms with Crippen LogP contribution in [-0.4, -0.2) is 28.6 Å². The third-order valence-corrected chi connectivity index (χ3v) is 1.59. The highest BCUT2D eigenvalue weighted by molar-refractivity contribution is 5.57. The molecule has 1 aromatic heterocycles. The molecular weight excluding hydrogens is 170 g/mol. The van der Waals surface area contributed by atoms with Crippen molar-refractivity contribution in [2.75, 3.05) is 0 Å². The number of hydrogen-bond acceptors (Lipinski definition) is 4. The van der Waals surface area contributed by atoms with Gasteiger partial charge in [-0.25, -0.2) is 4.98 Å². The van der Waals surface area contributed by atoms with E-state index in [-0.39, 0.29) is 6.42 Å². The van der Waals surface area contributed by atoms with E-state index < -0.39 is 6.04 Å². The summed E-state index contributed by atoms with van der Waals surface area (Å²) in [6.45, 7) is 0. The summed E-state index contributed by atoms with van der Waals surface area (Å²) in [5, 5.41) is 0. The van der Waals surface area contributed by atoms with Crippen molar-refractivity contribution < 1.29 is 9.59 Å². The van der Waals surface area contributed by atoms with E-state index in [2.05, 4.69) is 9.97 Å². The Balaban J connectivity index is 2.57. The number of carbonyl (C=O) groups is 2. The number of nitrogens with two attached hydrogens (primary N) is 1. The van der Waals surface area contributed by atoms with Crippen LogP contribution >= 0.6 is 0 Å². The van der Waals surface area contributed by atoms with Crippen molar-refractivity contribution in [2.45, 2.75) is 18.9 Å². The van der Waals surface area contributed by atoms with Gasteiger partial charge in [0.1, 0.15) is 18.4 Å². The van der Waals surface area contributed by atoms with Gasteiger partial charge < -0.3 is 20.3 Å². The summed E-state index contributed by atoms with van der Waals surface area (Å²) >= 11 is 0. The Morgan fingerprint density at radius 3 is 3.00 bits per heavy atom. The summed E-state index contributed by atoms with van der Waals surface area (Å²) in [5.74, 6) is 0.600. The van der Waals surface area contributed by atoms with Gasteiger partial charge in [0.15, 0.2) is 0 Å².